The van der Waals surface area contributed by atoms with E-state index in [2.05, 4.69) is 23.9 Å². The number of hydrogen-bond donors (Lipinski definition) is 2. The maximum Gasteiger partial charge on any atom is 0.222 e. The van der Waals surface area contributed by atoms with E-state index in [1.54, 1.807) is 7.05 Å². The summed E-state index contributed by atoms with van der Waals surface area (Å²) in [6, 6.07) is -0.126. The van der Waals surface area contributed by atoms with Crippen LogP contribution in [0, 0.1) is 22.7 Å². The summed E-state index contributed by atoms with van der Waals surface area (Å²) in [5, 5.41) is 2.66. The number of ketones is 1. The molecule has 0 heterocycles. The highest BCUT2D eigenvalue weighted by Gasteiger charge is 2.65. The zero-order valence-electron chi connectivity index (χ0n) is 15.4. The van der Waals surface area contributed by atoms with E-state index in [0.717, 1.165) is 6.42 Å². The van der Waals surface area contributed by atoms with Crippen LogP contribution in [0.4, 0.5) is 0 Å². The Balaban J connectivity index is 1.64. The van der Waals surface area contributed by atoms with Gasteiger partial charge in [-0.1, -0.05) is 13.8 Å². The van der Waals surface area contributed by atoms with Gasteiger partial charge in [-0.3, -0.25) is 9.59 Å². The molecule has 0 aromatic rings. The monoisotopic (exact) mass is 370 g/mol. The van der Waals surface area contributed by atoms with E-state index in [-0.39, 0.29) is 34.8 Å². The van der Waals surface area contributed by atoms with E-state index < -0.39 is 15.4 Å². The Labute approximate surface area is 150 Å². The number of rotatable bonds is 5. The topological polar surface area (TPSA) is 92.3 Å². The minimum atomic E-state index is -3.53. The Bertz CT molecular complexity index is 665. The summed E-state index contributed by atoms with van der Waals surface area (Å²) in [7, 11) is -1.90. The summed E-state index contributed by atoms with van der Waals surface area (Å²) in [5.74, 6) is 0.379. The first-order valence-electron chi connectivity index (χ1n) is 9.36. The van der Waals surface area contributed by atoms with Gasteiger partial charge in [0.05, 0.1) is 5.75 Å². The van der Waals surface area contributed by atoms with Crippen molar-refractivity contribution in [2.45, 2.75) is 64.8 Å². The van der Waals surface area contributed by atoms with Gasteiger partial charge in [-0.2, -0.15) is 0 Å². The van der Waals surface area contributed by atoms with Gasteiger partial charge < -0.3 is 5.32 Å². The fourth-order valence-electron chi connectivity index (χ4n) is 5.41. The highest BCUT2D eigenvalue weighted by molar-refractivity contribution is 7.89. The first-order chi connectivity index (χ1) is 11.6. The molecule has 2 atom stereocenters. The SMILES string of the molecule is CNC(=O)C1CCC(NS(=O)(=O)CC23CCC(CC2=O)C3(C)C)CC1. The van der Waals surface area contributed by atoms with Gasteiger partial charge in [0.1, 0.15) is 5.78 Å². The van der Waals surface area contributed by atoms with Crippen LogP contribution < -0.4 is 10.0 Å². The number of hydrogen-bond acceptors (Lipinski definition) is 4. The third-order valence-electron chi connectivity index (χ3n) is 7.27. The molecule has 1 amide bonds. The molecule has 142 valence electrons. The van der Waals surface area contributed by atoms with Crippen LogP contribution in [-0.4, -0.2) is 39.0 Å². The Kier molecular flexibility index (Phi) is 4.77. The molecule has 0 spiro atoms. The maximum absolute atomic E-state index is 12.8. The second-order valence-electron chi connectivity index (χ2n) is 8.71. The molecule has 6 nitrogen and oxygen atoms in total. The van der Waals surface area contributed by atoms with E-state index in [9.17, 15) is 18.0 Å². The molecule has 0 aliphatic heterocycles. The molecule has 0 aromatic carbocycles. The molecule has 3 rings (SSSR count). The first kappa shape index (κ1) is 18.8. The number of sulfonamides is 1. The van der Waals surface area contributed by atoms with Crippen molar-refractivity contribution in [2.75, 3.05) is 12.8 Å². The smallest absolute Gasteiger partial charge is 0.222 e. The molecule has 2 N–H and O–H groups in total. The van der Waals surface area contributed by atoms with Gasteiger partial charge in [0.2, 0.25) is 15.9 Å². The molecule has 3 fully saturated rings. The summed E-state index contributed by atoms with van der Waals surface area (Å²) in [5.41, 5.74) is -0.960. The van der Waals surface area contributed by atoms with Crippen LogP contribution in [0.2, 0.25) is 0 Å². The van der Waals surface area contributed by atoms with Crippen molar-refractivity contribution in [3.8, 4) is 0 Å². The van der Waals surface area contributed by atoms with Gasteiger partial charge in [-0.15, -0.1) is 0 Å². The third kappa shape index (κ3) is 3.14. The average molecular weight is 371 g/mol. The summed E-state index contributed by atoms with van der Waals surface area (Å²) >= 11 is 0. The Morgan fingerprint density at radius 1 is 1.16 bits per heavy atom. The largest absolute Gasteiger partial charge is 0.359 e. The predicted molar refractivity (Wildman–Crippen MR) is 95.3 cm³/mol. The molecule has 0 saturated heterocycles. The lowest BCUT2D eigenvalue weighted by molar-refractivity contribution is -0.128. The van der Waals surface area contributed by atoms with Crippen molar-refractivity contribution < 1.29 is 18.0 Å². The van der Waals surface area contributed by atoms with Crippen LogP contribution in [0.25, 0.3) is 0 Å². The number of amides is 1. The average Bonchev–Trinajstić information content (AvgIpc) is 2.88. The second-order valence-corrected chi connectivity index (χ2v) is 10.5. The molecule has 3 aliphatic rings. The Hall–Kier alpha value is -0.950. The van der Waals surface area contributed by atoms with Crippen LogP contribution >= 0.6 is 0 Å². The molecule has 3 aliphatic carbocycles. The van der Waals surface area contributed by atoms with Gasteiger partial charge in [0.15, 0.2) is 0 Å². The zero-order chi connectivity index (χ0) is 18.5. The molecule has 7 heteroatoms. The number of carbonyl (C=O) groups excluding carboxylic acids is 2. The summed E-state index contributed by atoms with van der Waals surface area (Å²) < 4.78 is 28.4. The molecular weight excluding hydrogens is 340 g/mol. The van der Waals surface area contributed by atoms with Crippen LogP contribution in [0.3, 0.4) is 0 Å². The minimum absolute atomic E-state index is 0.0183. The summed E-state index contributed by atoms with van der Waals surface area (Å²) in [6.07, 6.45) is 4.91. The fraction of sp³-hybridized carbons (Fsp3) is 0.889. The number of carbonyl (C=O) groups is 2. The van der Waals surface area contributed by atoms with Crippen LogP contribution in [0.5, 0.6) is 0 Å². The highest BCUT2D eigenvalue weighted by atomic mass is 32.2. The highest BCUT2D eigenvalue weighted by Crippen LogP contribution is 2.64. The first-order valence-corrected chi connectivity index (χ1v) is 11.0. The van der Waals surface area contributed by atoms with E-state index in [1.165, 1.54) is 0 Å². The lowest BCUT2D eigenvalue weighted by Gasteiger charge is -2.37. The molecule has 2 unspecified atom stereocenters. The van der Waals surface area contributed by atoms with Gasteiger partial charge in [-0.25, -0.2) is 13.1 Å². The Morgan fingerprint density at radius 3 is 2.28 bits per heavy atom. The second kappa shape index (κ2) is 6.34. The molecule has 2 bridgehead atoms. The van der Waals surface area contributed by atoms with E-state index in [4.69, 9.17) is 0 Å². The number of fused-ring (bicyclic) bond motifs is 2. The lowest BCUT2D eigenvalue weighted by atomic mass is 9.70. The summed E-state index contributed by atoms with van der Waals surface area (Å²) in [4.78, 5) is 24.3. The van der Waals surface area contributed by atoms with Crippen molar-refractivity contribution in [3.05, 3.63) is 0 Å². The zero-order valence-corrected chi connectivity index (χ0v) is 16.2. The maximum atomic E-state index is 12.8. The molecule has 3 saturated carbocycles. The van der Waals surface area contributed by atoms with E-state index >= 15 is 0 Å². The van der Waals surface area contributed by atoms with Gasteiger partial charge in [0, 0.05) is 30.8 Å². The molecule has 0 radical (unpaired) electrons. The van der Waals surface area contributed by atoms with Crippen LogP contribution in [0.15, 0.2) is 0 Å². The van der Waals surface area contributed by atoms with Crippen molar-refractivity contribution in [3.63, 3.8) is 0 Å². The molecule has 0 aromatic heterocycles. The predicted octanol–water partition coefficient (Wildman–Crippen LogP) is 1.61. The fourth-order valence-corrected chi connectivity index (χ4v) is 7.56. The Morgan fingerprint density at radius 2 is 1.80 bits per heavy atom. The number of nitrogens with one attached hydrogen (secondary N) is 2. The molecular formula is C18H30N2O4S. The van der Waals surface area contributed by atoms with Gasteiger partial charge >= 0.3 is 0 Å². The van der Waals surface area contributed by atoms with E-state index in [1.807, 2.05) is 0 Å². The normalized spacial score (nSPS) is 37.2. The quantitative estimate of drug-likeness (QED) is 0.769. The van der Waals surface area contributed by atoms with Gasteiger partial charge in [-0.05, 0) is 49.9 Å². The van der Waals surface area contributed by atoms with Crippen molar-refractivity contribution in [1.29, 1.82) is 0 Å². The van der Waals surface area contributed by atoms with Crippen molar-refractivity contribution in [1.82, 2.24) is 10.0 Å². The standard InChI is InChI=1S/C18H30N2O4S/c1-17(2)13-8-9-18(17,15(21)10-13)11-25(23,24)20-14-6-4-12(5-7-14)16(22)19-3/h12-14,20H,4-11H2,1-3H3,(H,19,22). The van der Waals surface area contributed by atoms with Crippen molar-refractivity contribution in [2.24, 2.45) is 22.7 Å². The van der Waals surface area contributed by atoms with Gasteiger partial charge in [0.25, 0.3) is 0 Å². The summed E-state index contributed by atoms with van der Waals surface area (Å²) in [6.45, 7) is 4.11. The van der Waals surface area contributed by atoms with Crippen molar-refractivity contribution >= 4 is 21.7 Å². The third-order valence-corrected chi connectivity index (χ3v) is 8.83. The minimum Gasteiger partial charge on any atom is -0.359 e. The number of Topliss-reactive ketones (excluding diaryl/α,β-unsaturated/α-hetero) is 1. The lowest BCUT2D eigenvalue weighted by Crippen LogP contribution is -2.48. The van der Waals surface area contributed by atoms with Crippen LogP contribution in [0.1, 0.15) is 58.8 Å². The van der Waals surface area contributed by atoms with E-state index in [0.29, 0.717) is 44.4 Å². The van der Waals surface area contributed by atoms with Crippen LogP contribution in [-0.2, 0) is 19.6 Å². The molecule has 25 heavy (non-hydrogen) atoms.